The summed E-state index contributed by atoms with van der Waals surface area (Å²) >= 11 is 5.27. The van der Waals surface area contributed by atoms with Crippen molar-refractivity contribution in [3.63, 3.8) is 0 Å². The van der Waals surface area contributed by atoms with Crippen LogP contribution < -0.4 is 9.47 Å². The number of H-pyrrole nitrogens is 1. The molecule has 0 bridgehead atoms. The van der Waals surface area contributed by atoms with Gasteiger partial charge in [-0.3, -0.25) is 0 Å². The lowest BCUT2D eigenvalue weighted by molar-refractivity contribution is 0.414. The molecule has 7 heteroatoms. The molecule has 0 spiro atoms. The molecule has 0 aliphatic heterocycles. The molecule has 0 saturated carbocycles. The minimum atomic E-state index is 0.409. The number of nitrogens with one attached hydrogen (secondary N) is 1. The van der Waals surface area contributed by atoms with Crippen molar-refractivity contribution in [3.05, 3.63) is 58.9 Å². The van der Waals surface area contributed by atoms with Gasteiger partial charge in [-0.25, -0.2) is 5.10 Å². The van der Waals surface area contributed by atoms with Crippen molar-refractivity contribution in [2.75, 3.05) is 14.2 Å². The van der Waals surface area contributed by atoms with Gasteiger partial charge in [0, 0.05) is 11.1 Å². The lowest BCUT2D eigenvalue weighted by Crippen LogP contribution is -1.96. The maximum Gasteiger partial charge on any atom is 0.216 e. The molecule has 24 heavy (non-hydrogen) atoms. The number of aromatic amines is 1. The van der Waals surface area contributed by atoms with Crippen LogP contribution in [0.2, 0.25) is 0 Å². The fourth-order valence-corrected chi connectivity index (χ4v) is 2.40. The zero-order valence-electron chi connectivity index (χ0n) is 13.3. The van der Waals surface area contributed by atoms with Crippen LogP contribution in [0.5, 0.6) is 11.5 Å². The van der Waals surface area contributed by atoms with Crippen LogP contribution in [0.4, 0.5) is 0 Å². The second kappa shape index (κ2) is 7.10. The lowest BCUT2D eigenvalue weighted by atomic mass is 10.2. The van der Waals surface area contributed by atoms with E-state index < -0.39 is 0 Å². The molecule has 0 fully saturated rings. The van der Waals surface area contributed by atoms with Crippen LogP contribution in [-0.4, -0.2) is 35.3 Å². The summed E-state index contributed by atoms with van der Waals surface area (Å²) in [5.41, 5.74) is 1.73. The summed E-state index contributed by atoms with van der Waals surface area (Å²) in [5, 5.41) is 11.5. The topological polar surface area (TPSA) is 64.4 Å². The van der Waals surface area contributed by atoms with Crippen LogP contribution in [0.3, 0.4) is 0 Å². The van der Waals surface area contributed by atoms with Crippen molar-refractivity contribution in [2.45, 2.75) is 0 Å². The van der Waals surface area contributed by atoms with Gasteiger partial charge in [-0.1, -0.05) is 12.1 Å². The number of para-hydroxylation sites is 1. The predicted octanol–water partition coefficient (Wildman–Crippen LogP) is 3.51. The molecule has 1 aromatic heterocycles. The number of aromatic nitrogens is 3. The first-order chi connectivity index (χ1) is 11.7. The van der Waals surface area contributed by atoms with Gasteiger partial charge in [0.25, 0.3) is 0 Å². The molecule has 3 rings (SSSR count). The summed E-state index contributed by atoms with van der Waals surface area (Å²) in [7, 11) is 3.25. The van der Waals surface area contributed by atoms with Gasteiger partial charge in [0.05, 0.1) is 20.4 Å². The van der Waals surface area contributed by atoms with Crippen molar-refractivity contribution < 1.29 is 9.47 Å². The summed E-state index contributed by atoms with van der Waals surface area (Å²) in [6, 6.07) is 15.1. The van der Waals surface area contributed by atoms with E-state index >= 15 is 0 Å². The fourth-order valence-electron chi connectivity index (χ4n) is 2.22. The summed E-state index contributed by atoms with van der Waals surface area (Å²) in [5.74, 6) is 2.13. The van der Waals surface area contributed by atoms with E-state index in [1.54, 1.807) is 25.1 Å². The summed E-state index contributed by atoms with van der Waals surface area (Å²) in [6.45, 7) is 0. The van der Waals surface area contributed by atoms with Gasteiger partial charge in [-0.2, -0.15) is 14.9 Å². The first-order valence-electron chi connectivity index (χ1n) is 7.22. The quantitative estimate of drug-likeness (QED) is 0.570. The molecular weight excluding hydrogens is 324 g/mol. The Bertz CT molecular complexity index is 913. The molecule has 1 N–H and O–H groups in total. The largest absolute Gasteiger partial charge is 0.497 e. The highest BCUT2D eigenvalue weighted by atomic mass is 32.1. The Labute approximate surface area is 144 Å². The van der Waals surface area contributed by atoms with E-state index in [2.05, 4.69) is 15.3 Å². The van der Waals surface area contributed by atoms with E-state index in [4.69, 9.17) is 21.7 Å². The molecule has 6 nitrogen and oxygen atoms in total. The Morgan fingerprint density at radius 2 is 1.83 bits per heavy atom. The molecule has 0 saturated heterocycles. The summed E-state index contributed by atoms with van der Waals surface area (Å²) in [4.78, 5) is 0. The Morgan fingerprint density at radius 1 is 1.08 bits per heavy atom. The number of rotatable bonds is 5. The maximum absolute atomic E-state index is 5.32. The predicted molar refractivity (Wildman–Crippen MR) is 95.4 cm³/mol. The standard InChI is InChI=1S/C17H16N4O2S/c1-22-14-9-7-12(8-10-14)16-19-20-17(24)21(16)18-11-13-5-3-4-6-15(13)23-2/h3-11H,1-2H3,(H,20,24). The van der Waals surface area contributed by atoms with Crippen LogP contribution in [-0.2, 0) is 0 Å². The Balaban J connectivity index is 1.98. The SMILES string of the molecule is COc1ccc(-c2n[nH]c(=S)n2N=Cc2ccccc2OC)cc1. The number of nitrogens with zero attached hydrogens (tertiary/aromatic N) is 3. The zero-order valence-corrected chi connectivity index (χ0v) is 14.1. The molecule has 3 aromatic rings. The van der Waals surface area contributed by atoms with Crippen molar-refractivity contribution in [1.82, 2.24) is 14.9 Å². The van der Waals surface area contributed by atoms with Gasteiger partial charge in [-0.15, -0.1) is 0 Å². The van der Waals surface area contributed by atoms with Gasteiger partial charge >= 0.3 is 0 Å². The van der Waals surface area contributed by atoms with E-state index in [1.807, 2.05) is 48.5 Å². The molecule has 0 aliphatic rings. The molecule has 2 aromatic carbocycles. The highest BCUT2D eigenvalue weighted by Gasteiger charge is 2.08. The number of benzene rings is 2. The average Bonchev–Trinajstić information content (AvgIpc) is 3.01. The van der Waals surface area contributed by atoms with Gasteiger partial charge in [0.1, 0.15) is 11.5 Å². The first-order valence-corrected chi connectivity index (χ1v) is 7.63. The molecule has 0 atom stereocenters. The Morgan fingerprint density at radius 3 is 2.54 bits per heavy atom. The second-order valence-electron chi connectivity index (χ2n) is 4.88. The number of hydrogen-bond acceptors (Lipinski definition) is 5. The van der Waals surface area contributed by atoms with Gasteiger partial charge < -0.3 is 9.47 Å². The third kappa shape index (κ3) is 3.21. The van der Waals surface area contributed by atoms with Crippen LogP contribution >= 0.6 is 12.2 Å². The average molecular weight is 340 g/mol. The van der Waals surface area contributed by atoms with Gasteiger partial charge in [0.15, 0.2) is 5.82 Å². The lowest BCUT2D eigenvalue weighted by Gasteiger charge is -2.04. The molecule has 0 radical (unpaired) electrons. The van der Waals surface area contributed by atoms with E-state index in [0.717, 1.165) is 22.6 Å². The van der Waals surface area contributed by atoms with Crippen molar-refractivity contribution in [3.8, 4) is 22.9 Å². The highest BCUT2D eigenvalue weighted by Crippen LogP contribution is 2.21. The number of hydrogen-bond donors (Lipinski definition) is 1. The third-order valence-corrected chi connectivity index (χ3v) is 3.71. The molecule has 122 valence electrons. The monoisotopic (exact) mass is 340 g/mol. The minimum Gasteiger partial charge on any atom is -0.497 e. The Kier molecular flexibility index (Phi) is 4.72. The van der Waals surface area contributed by atoms with Crippen LogP contribution in [0.15, 0.2) is 53.6 Å². The second-order valence-corrected chi connectivity index (χ2v) is 5.27. The van der Waals surface area contributed by atoms with Gasteiger partial charge in [0.2, 0.25) is 4.77 Å². The van der Waals surface area contributed by atoms with E-state index in [1.165, 1.54) is 0 Å². The van der Waals surface area contributed by atoms with Crippen molar-refractivity contribution in [2.24, 2.45) is 5.10 Å². The summed E-state index contributed by atoms with van der Waals surface area (Å²) < 4.78 is 12.5. The van der Waals surface area contributed by atoms with E-state index in [-0.39, 0.29) is 0 Å². The zero-order chi connectivity index (χ0) is 16.9. The maximum atomic E-state index is 5.32. The van der Waals surface area contributed by atoms with Crippen LogP contribution in [0.25, 0.3) is 11.4 Å². The minimum absolute atomic E-state index is 0.409. The third-order valence-electron chi connectivity index (χ3n) is 3.45. The van der Waals surface area contributed by atoms with E-state index in [9.17, 15) is 0 Å². The smallest absolute Gasteiger partial charge is 0.216 e. The molecule has 0 unspecified atom stereocenters. The normalized spacial score (nSPS) is 10.9. The fraction of sp³-hybridized carbons (Fsp3) is 0.118. The van der Waals surface area contributed by atoms with Crippen LogP contribution in [0.1, 0.15) is 5.56 Å². The van der Waals surface area contributed by atoms with Gasteiger partial charge in [-0.05, 0) is 48.6 Å². The summed E-state index contributed by atoms with van der Waals surface area (Å²) in [6.07, 6.45) is 1.69. The van der Waals surface area contributed by atoms with Crippen LogP contribution in [0, 0.1) is 4.77 Å². The molecule has 1 heterocycles. The molecular formula is C17H16N4O2S. The molecule has 0 amide bonds. The van der Waals surface area contributed by atoms with Crippen molar-refractivity contribution in [1.29, 1.82) is 0 Å². The highest BCUT2D eigenvalue weighted by molar-refractivity contribution is 7.71. The first kappa shape index (κ1) is 15.9. The molecule has 0 aliphatic carbocycles. The number of ether oxygens (including phenoxy) is 2. The van der Waals surface area contributed by atoms with E-state index in [0.29, 0.717) is 10.6 Å². The number of methoxy groups -OCH3 is 2. The Hall–Kier alpha value is -2.93. The van der Waals surface area contributed by atoms with Crippen molar-refractivity contribution >= 4 is 18.4 Å².